The monoisotopic (exact) mass is 224 g/mol. The van der Waals surface area contributed by atoms with E-state index in [0.29, 0.717) is 0 Å². The lowest BCUT2D eigenvalue weighted by molar-refractivity contribution is -0.190. The van der Waals surface area contributed by atoms with E-state index in [-0.39, 0.29) is 5.79 Å². The third kappa shape index (κ3) is 1.98. The molecule has 2 saturated heterocycles. The van der Waals surface area contributed by atoms with E-state index in [9.17, 15) is 0 Å². The Hall–Kier alpha value is -0.910. The molecule has 2 fully saturated rings. The zero-order valence-corrected chi connectivity index (χ0v) is 9.22. The van der Waals surface area contributed by atoms with Gasteiger partial charge in [0.1, 0.15) is 6.26 Å². The first-order valence-electron chi connectivity index (χ1n) is 5.75. The smallest absolute Gasteiger partial charge is 0.181 e. The van der Waals surface area contributed by atoms with Crippen molar-refractivity contribution in [2.24, 2.45) is 0 Å². The summed E-state index contributed by atoms with van der Waals surface area (Å²) in [7, 11) is 0. The van der Waals surface area contributed by atoms with Gasteiger partial charge in [0.25, 0.3) is 0 Å². The highest BCUT2D eigenvalue weighted by atomic mass is 16.7. The van der Waals surface area contributed by atoms with Crippen molar-refractivity contribution in [2.45, 2.75) is 25.2 Å². The summed E-state index contributed by atoms with van der Waals surface area (Å²) in [4.78, 5) is 2.33. The maximum absolute atomic E-state index is 5.73. The standard InChI is InChI=1S/C11H16N2O3/c1-2-11(14-4-5-15-11)9-13(3-1)7-10-6-12-16-8-10/h6,8H,1-5,7,9H2. The average Bonchev–Trinajstić information content (AvgIpc) is 2.91. The molecule has 16 heavy (non-hydrogen) atoms. The third-order valence-corrected chi connectivity index (χ3v) is 3.20. The van der Waals surface area contributed by atoms with Crippen LogP contribution in [0.1, 0.15) is 18.4 Å². The van der Waals surface area contributed by atoms with E-state index in [2.05, 4.69) is 10.1 Å². The Balaban J connectivity index is 1.63. The molecule has 3 rings (SSSR count). The topological polar surface area (TPSA) is 47.7 Å². The van der Waals surface area contributed by atoms with Crippen LogP contribution in [-0.4, -0.2) is 42.1 Å². The summed E-state index contributed by atoms with van der Waals surface area (Å²) in [5.41, 5.74) is 1.11. The summed E-state index contributed by atoms with van der Waals surface area (Å²) >= 11 is 0. The second-order valence-corrected chi connectivity index (χ2v) is 4.45. The molecule has 3 heterocycles. The van der Waals surface area contributed by atoms with Crippen LogP contribution >= 0.6 is 0 Å². The van der Waals surface area contributed by atoms with Gasteiger partial charge in [-0.3, -0.25) is 4.90 Å². The highest BCUT2D eigenvalue weighted by Crippen LogP contribution is 2.30. The Labute approximate surface area is 94.3 Å². The van der Waals surface area contributed by atoms with Crippen LogP contribution in [0.3, 0.4) is 0 Å². The second kappa shape index (κ2) is 4.16. The highest BCUT2D eigenvalue weighted by molar-refractivity contribution is 5.00. The van der Waals surface area contributed by atoms with Crippen molar-refractivity contribution in [2.75, 3.05) is 26.3 Å². The normalized spacial score (nSPS) is 25.2. The molecule has 1 spiro atoms. The first-order chi connectivity index (χ1) is 7.86. The van der Waals surface area contributed by atoms with Crippen LogP contribution in [0.15, 0.2) is 17.0 Å². The number of hydrogen-bond acceptors (Lipinski definition) is 5. The predicted molar refractivity (Wildman–Crippen MR) is 55.6 cm³/mol. The molecule has 0 atom stereocenters. The van der Waals surface area contributed by atoms with Gasteiger partial charge in [0, 0.05) is 18.5 Å². The second-order valence-electron chi connectivity index (χ2n) is 4.45. The minimum absolute atomic E-state index is 0.338. The van der Waals surface area contributed by atoms with Gasteiger partial charge in [0.15, 0.2) is 5.79 Å². The lowest BCUT2D eigenvalue weighted by Gasteiger charge is -2.38. The first-order valence-corrected chi connectivity index (χ1v) is 5.75. The Bertz CT molecular complexity index is 333. The lowest BCUT2D eigenvalue weighted by atomic mass is 10.0. The van der Waals surface area contributed by atoms with Crippen molar-refractivity contribution in [3.63, 3.8) is 0 Å². The van der Waals surface area contributed by atoms with Crippen LogP contribution < -0.4 is 0 Å². The molecule has 1 aromatic heterocycles. The molecule has 0 unspecified atom stereocenters. The molecule has 0 saturated carbocycles. The molecule has 0 aliphatic carbocycles. The van der Waals surface area contributed by atoms with E-state index in [1.807, 2.05) is 0 Å². The molecule has 2 aliphatic heterocycles. The van der Waals surface area contributed by atoms with Gasteiger partial charge in [-0.25, -0.2) is 0 Å². The van der Waals surface area contributed by atoms with Gasteiger partial charge in [0.05, 0.1) is 26.0 Å². The molecular formula is C11H16N2O3. The summed E-state index contributed by atoms with van der Waals surface area (Å²) < 4.78 is 16.3. The van der Waals surface area contributed by atoms with E-state index in [1.165, 1.54) is 0 Å². The number of rotatable bonds is 2. The van der Waals surface area contributed by atoms with Gasteiger partial charge in [-0.2, -0.15) is 0 Å². The van der Waals surface area contributed by atoms with Crippen LogP contribution in [0.25, 0.3) is 0 Å². The predicted octanol–water partition coefficient (Wildman–Crippen LogP) is 1.01. The fourth-order valence-electron chi connectivity index (χ4n) is 2.50. The van der Waals surface area contributed by atoms with Crippen molar-refractivity contribution in [3.8, 4) is 0 Å². The number of likely N-dealkylation sites (tertiary alicyclic amines) is 1. The van der Waals surface area contributed by atoms with E-state index >= 15 is 0 Å². The number of ether oxygens (including phenoxy) is 2. The molecule has 0 bridgehead atoms. The molecule has 0 N–H and O–H groups in total. The van der Waals surface area contributed by atoms with Gasteiger partial charge >= 0.3 is 0 Å². The van der Waals surface area contributed by atoms with E-state index in [1.54, 1.807) is 12.5 Å². The Morgan fingerprint density at radius 1 is 1.38 bits per heavy atom. The molecule has 1 aromatic rings. The number of piperidine rings is 1. The van der Waals surface area contributed by atoms with Crippen LogP contribution in [0, 0.1) is 0 Å². The summed E-state index contributed by atoms with van der Waals surface area (Å²) in [5.74, 6) is -0.338. The minimum atomic E-state index is -0.338. The fourth-order valence-corrected chi connectivity index (χ4v) is 2.50. The highest BCUT2D eigenvalue weighted by Gasteiger charge is 2.40. The van der Waals surface area contributed by atoms with E-state index in [4.69, 9.17) is 14.0 Å². The van der Waals surface area contributed by atoms with Crippen molar-refractivity contribution in [3.05, 3.63) is 18.0 Å². The third-order valence-electron chi connectivity index (χ3n) is 3.20. The van der Waals surface area contributed by atoms with E-state index in [0.717, 1.165) is 51.3 Å². The van der Waals surface area contributed by atoms with Crippen LogP contribution in [0.5, 0.6) is 0 Å². The number of aromatic nitrogens is 1. The van der Waals surface area contributed by atoms with Crippen molar-refractivity contribution in [1.29, 1.82) is 0 Å². The zero-order chi connectivity index (χ0) is 10.8. The molecule has 2 aliphatic rings. The lowest BCUT2D eigenvalue weighted by Crippen LogP contribution is -2.48. The SMILES string of the molecule is c1nocc1CN1CCCC2(C1)OCCO2. The Morgan fingerprint density at radius 3 is 3.00 bits per heavy atom. The maximum Gasteiger partial charge on any atom is 0.181 e. The quantitative estimate of drug-likeness (QED) is 0.750. The van der Waals surface area contributed by atoms with Crippen molar-refractivity contribution < 1.29 is 14.0 Å². The van der Waals surface area contributed by atoms with E-state index < -0.39 is 0 Å². The van der Waals surface area contributed by atoms with Crippen molar-refractivity contribution >= 4 is 0 Å². The maximum atomic E-state index is 5.73. The van der Waals surface area contributed by atoms with Crippen LogP contribution in [-0.2, 0) is 16.0 Å². The largest absolute Gasteiger partial charge is 0.364 e. The molecule has 5 nitrogen and oxygen atoms in total. The first kappa shape index (κ1) is 10.3. The minimum Gasteiger partial charge on any atom is -0.364 e. The molecule has 5 heteroatoms. The summed E-state index contributed by atoms with van der Waals surface area (Å²) in [6.45, 7) is 4.23. The molecule has 0 aromatic carbocycles. The molecule has 88 valence electrons. The summed E-state index contributed by atoms with van der Waals surface area (Å²) in [6.07, 6.45) is 5.58. The van der Waals surface area contributed by atoms with Crippen molar-refractivity contribution in [1.82, 2.24) is 10.1 Å². The summed E-state index contributed by atoms with van der Waals surface area (Å²) in [6, 6.07) is 0. The Kier molecular flexibility index (Phi) is 2.67. The fraction of sp³-hybridized carbons (Fsp3) is 0.727. The summed E-state index contributed by atoms with van der Waals surface area (Å²) in [5, 5.41) is 3.71. The van der Waals surface area contributed by atoms with Gasteiger partial charge in [0.2, 0.25) is 0 Å². The van der Waals surface area contributed by atoms with Crippen LogP contribution in [0.2, 0.25) is 0 Å². The van der Waals surface area contributed by atoms with Gasteiger partial charge in [-0.1, -0.05) is 5.16 Å². The van der Waals surface area contributed by atoms with Gasteiger partial charge in [-0.15, -0.1) is 0 Å². The van der Waals surface area contributed by atoms with Gasteiger partial charge < -0.3 is 14.0 Å². The number of nitrogens with zero attached hydrogens (tertiary/aromatic N) is 2. The Morgan fingerprint density at radius 2 is 2.25 bits per heavy atom. The van der Waals surface area contributed by atoms with Gasteiger partial charge in [-0.05, 0) is 13.0 Å². The molecule has 0 amide bonds. The zero-order valence-electron chi connectivity index (χ0n) is 9.22. The molecule has 0 radical (unpaired) electrons. The molecular weight excluding hydrogens is 208 g/mol. The average molecular weight is 224 g/mol. The number of hydrogen-bond donors (Lipinski definition) is 0. The van der Waals surface area contributed by atoms with Crippen LogP contribution in [0.4, 0.5) is 0 Å².